The third-order valence-corrected chi connectivity index (χ3v) is 4.32. The lowest BCUT2D eigenvalue weighted by molar-refractivity contribution is 0.287. The normalized spacial score (nSPS) is 32.3. The lowest BCUT2D eigenvalue weighted by Crippen LogP contribution is -2.43. The molecule has 1 saturated carbocycles. The first-order valence-electron chi connectivity index (χ1n) is 5.38. The van der Waals surface area contributed by atoms with Crippen LogP contribution >= 0.6 is 11.8 Å². The van der Waals surface area contributed by atoms with E-state index < -0.39 is 0 Å². The van der Waals surface area contributed by atoms with Crippen molar-refractivity contribution in [2.75, 3.05) is 12.8 Å². The summed E-state index contributed by atoms with van der Waals surface area (Å²) >= 11 is 2.03. The molecule has 0 spiro atoms. The zero-order valence-corrected chi connectivity index (χ0v) is 10.2. The molecule has 0 amide bonds. The molecule has 1 aliphatic carbocycles. The van der Waals surface area contributed by atoms with Gasteiger partial charge >= 0.3 is 0 Å². The van der Waals surface area contributed by atoms with E-state index in [1.165, 1.54) is 25.8 Å². The summed E-state index contributed by atoms with van der Waals surface area (Å²) in [5, 5.41) is 4.54. The summed E-state index contributed by atoms with van der Waals surface area (Å²) in [6.07, 6.45) is 6.25. The molecule has 2 unspecified atom stereocenters. The second kappa shape index (κ2) is 4.70. The van der Waals surface area contributed by atoms with Crippen LogP contribution in [-0.4, -0.2) is 24.1 Å². The van der Waals surface area contributed by atoms with Crippen LogP contribution < -0.4 is 5.32 Å². The van der Waals surface area contributed by atoms with Gasteiger partial charge in [0.1, 0.15) is 0 Å². The molecule has 13 heavy (non-hydrogen) atoms. The lowest BCUT2D eigenvalue weighted by atomic mass is 9.87. The van der Waals surface area contributed by atoms with Crippen LogP contribution in [-0.2, 0) is 0 Å². The van der Waals surface area contributed by atoms with Gasteiger partial charge in [-0.3, -0.25) is 0 Å². The van der Waals surface area contributed by atoms with Crippen LogP contribution in [0, 0.1) is 5.41 Å². The Labute approximate surface area is 87.1 Å². The summed E-state index contributed by atoms with van der Waals surface area (Å²) < 4.78 is 0. The predicted octanol–water partition coefficient (Wildman–Crippen LogP) is 2.91. The van der Waals surface area contributed by atoms with Gasteiger partial charge in [-0.25, -0.2) is 0 Å². The highest BCUT2D eigenvalue weighted by atomic mass is 32.2. The van der Waals surface area contributed by atoms with E-state index in [-0.39, 0.29) is 0 Å². The van der Waals surface area contributed by atoms with Crippen molar-refractivity contribution in [3.05, 3.63) is 0 Å². The maximum absolute atomic E-state index is 3.70. The Balaban J connectivity index is 2.52. The third kappa shape index (κ3) is 2.63. The molecule has 0 aromatic rings. The van der Waals surface area contributed by atoms with Gasteiger partial charge in [0.05, 0.1) is 0 Å². The molecule has 1 rings (SSSR count). The minimum absolute atomic E-state index is 0.503. The Morgan fingerprint density at radius 3 is 2.69 bits per heavy atom. The molecular weight excluding hydrogens is 178 g/mol. The minimum Gasteiger partial charge on any atom is -0.312 e. The quantitative estimate of drug-likeness (QED) is 0.750. The molecule has 1 aliphatic rings. The molecule has 0 radical (unpaired) electrons. The average Bonchev–Trinajstić information content (AvgIpc) is 2.37. The number of rotatable bonds is 4. The van der Waals surface area contributed by atoms with E-state index in [4.69, 9.17) is 0 Å². The van der Waals surface area contributed by atoms with Crippen LogP contribution in [0.1, 0.15) is 40.0 Å². The van der Waals surface area contributed by atoms with Crippen molar-refractivity contribution in [2.45, 2.75) is 51.3 Å². The van der Waals surface area contributed by atoms with Crippen molar-refractivity contribution in [3.8, 4) is 0 Å². The summed E-state index contributed by atoms with van der Waals surface area (Å²) in [4.78, 5) is 0. The van der Waals surface area contributed by atoms with Crippen LogP contribution in [0.2, 0.25) is 0 Å². The number of hydrogen-bond donors (Lipinski definition) is 1. The van der Waals surface area contributed by atoms with E-state index >= 15 is 0 Å². The maximum Gasteiger partial charge on any atom is 0.0237 e. The van der Waals surface area contributed by atoms with Gasteiger partial charge in [-0.05, 0) is 37.5 Å². The zero-order valence-electron chi connectivity index (χ0n) is 9.39. The second-order valence-corrected chi connectivity index (χ2v) is 5.81. The van der Waals surface area contributed by atoms with Gasteiger partial charge in [-0.15, -0.1) is 0 Å². The van der Waals surface area contributed by atoms with Crippen molar-refractivity contribution in [1.82, 2.24) is 5.32 Å². The van der Waals surface area contributed by atoms with Crippen molar-refractivity contribution in [2.24, 2.45) is 5.41 Å². The van der Waals surface area contributed by atoms with E-state index in [1.54, 1.807) is 0 Å². The van der Waals surface area contributed by atoms with E-state index in [9.17, 15) is 0 Å². The zero-order chi connectivity index (χ0) is 9.90. The molecule has 1 fully saturated rings. The number of thioether (sulfide) groups is 1. The Hall–Kier alpha value is 0.310. The summed E-state index contributed by atoms with van der Waals surface area (Å²) in [6, 6.07) is 0.724. The Bertz CT molecular complexity index is 156. The summed E-state index contributed by atoms with van der Waals surface area (Å²) in [6.45, 7) is 8.21. The molecule has 2 heteroatoms. The van der Waals surface area contributed by atoms with Crippen molar-refractivity contribution in [3.63, 3.8) is 0 Å². The average molecular weight is 201 g/mol. The second-order valence-electron chi connectivity index (χ2n) is 4.73. The molecule has 2 atom stereocenters. The van der Waals surface area contributed by atoms with E-state index in [0.717, 1.165) is 11.3 Å². The molecule has 1 N–H and O–H groups in total. The number of hydrogen-bond acceptors (Lipinski definition) is 2. The fraction of sp³-hybridized carbons (Fsp3) is 1.00. The van der Waals surface area contributed by atoms with E-state index in [0.29, 0.717) is 5.41 Å². The molecule has 1 nitrogen and oxygen atoms in total. The molecule has 0 saturated heterocycles. The largest absolute Gasteiger partial charge is 0.312 e. The first-order valence-corrected chi connectivity index (χ1v) is 6.66. The standard InChI is InChI=1S/C11H23NS/c1-5-8-12-10-9(13-4)6-7-11(10,2)3/h9-10,12H,5-8H2,1-4H3. The molecule has 0 aliphatic heterocycles. The smallest absolute Gasteiger partial charge is 0.0237 e. The minimum atomic E-state index is 0.503. The van der Waals surface area contributed by atoms with Gasteiger partial charge < -0.3 is 5.32 Å². The molecule has 0 aromatic carbocycles. The fourth-order valence-electron chi connectivity index (χ4n) is 2.30. The van der Waals surface area contributed by atoms with Crippen LogP contribution in [0.25, 0.3) is 0 Å². The monoisotopic (exact) mass is 201 g/mol. The van der Waals surface area contributed by atoms with Crippen LogP contribution in [0.5, 0.6) is 0 Å². The molecule has 0 bridgehead atoms. The maximum atomic E-state index is 3.70. The van der Waals surface area contributed by atoms with Gasteiger partial charge in [0.15, 0.2) is 0 Å². The van der Waals surface area contributed by atoms with E-state index in [1.807, 2.05) is 11.8 Å². The van der Waals surface area contributed by atoms with Crippen LogP contribution in [0.15, 0.2) is 0 Å². The van der Waals surface area contributed by atoms with Gasteiger partial charge in [0.25, 0.3) is 0 Å². The summed E-state index contributed by atoms with van der Waals surface area (Å²) in [5.41, 5.74) is 0.503. The highest BCUT2D eigenvalue weighted by Crippen LogP contribution is 2.42. The highest BCUT2D eigenvalue weighted by molar-refractivity contribution is 7.99. The number of nitrogens with one attached hydrogen (secondary N) is 1. The lowest BCUT2D eigenvalue weighted by Gasteiger charge is -2.31. The first kappa shape index (κ1) is 11.4. The SMILES string of the molecule is CCCNC1C(SC)CCC1(C)C. The van der Waals surface area contributed by atoms with Crippen LogP contribution in [0.3, 0.4) is 0 Å². The highest BCUT2D eigenvalue weighted by Gasteiger charge is 2.40. The Morgan fingerprint density at radius 1 is 1.46 bits per heavy atom. The topological polar surface area (TPSA) is 12.0 Å². The Kier molecular flexibility index (Phi) is 4.11. The molecular formula is C11H23NS. The molecule has 0 heterocycles. The third-order valence-electron chi connectivity index (χ3n) is 3.20. The van der Waals surface area contributed by atoms with Crippen molar-refractivity contribution in [1.29, 1.82) is 0 Å². The molecule has 0 aromatic heterocycles. The van der Waals surface area contributed by atoms with Gasteiger partial charge in [0.2, 0.25) is 0 Å². The molecule has 78 valence electrons. The fourth-order valence-corrected chi connectivity index (χ4v) is 3.39. The Morgan fingerprint density at radius 2 is 2.15 bits per heavy atom. The van der Waals surface area contributed by atoms with Crippen LogP contribution in [0.4, 0.5) is 0 Å². The first-order chi connectivity index (χ1) is 6.11. The van der Waals surface area contributed by atoms with Gasteiger partial charge in [-0.1, -0.05) is 20.8 Å². The van der Waals surface area contributed by atoms with E-state index in [2.05, 4.69) is 32.3 Å². The van der Waals surface area contributed by atoms with Gasteiger partial charge in [-0.2, -0.15) is 11.8 Å². The van der Waals surface area contributed by atoms with Gasteiger partial charge in [0, 0.05) is 11.3 Å². The van der Waals surface area contributed by atoms with Crippen molar-refractivity contribution >= 4 is 11.8 Å². The van der Waals surface area contributed by atoms with Crippen molar-refractivity contribution < 1.29 is 0 Å². The summed E-state index contributed by atoms with van der Waals surface area (Å²) in [5.74, 6) is 0. The predicted molar refractivity (Wildman–Crippen MR) is 62.4 cm³/mol. The summed E-state index contributed by atoms with van der Waals surface area (Å²) in [7, 11) is 0.